The van der Waals surface area contributed by atoms with Crippen molar-refractivity contribution in [3.05, 3.63) is 29.8 Å². The van der Waals surface area contributed by atoms with E-state index in [-0.39, 0.29) is 24.0 Å². The Bertz CT molecular complexity index is 555. The molecule has 22 heavy (non-hydrogen) atoms. The van der Waals surface area contributed by atoms with Gasteiger partial charge >= 0.3 is 6.03 Å². The Balaban J connectivity index is 1.96. The van der Waals surface area contributed by atoms with Gasteiger partial charge in [-0.25, -0.2) is 4.79 Å². The summed E-state index contributed by atoms with van der Waals surface area (Å²) in [5.74, 6) is 0.434. The molecule has 1 heterocycles. The molecule has 1 fully saturated rings. The fourth-order valence-corrected chi connectivity index (χ4v) is 2.79. The molecule has 1 aromatic carbocycles. The molecule has 1 atom stereocenters. The third-order valence-corrected chi connectivity index (χ3v) is 3.95. The topological polar surface area (TPSA) is 61.4 Å². The van der Waals surface area contributed by atoms with Crippen molar-refractivity contribution in [1.29, 1.82) is 0 Å². The first-order valence-corrected chi connectivity index (χ1v) is 7.84. The summed E-state index contributed by atoms with van der Waals surface area (Å²) in [6, 6.07) is 7.58. The molecule has 0 saturated carbocycles. The number of hydrogen-bond donors (Lipinski definition) is 2. The number of likely N-dealkylation sites (tertiary alicyclic amines) is 1. The number of anilines is 1. The zero-order chi connectivity index (χ0) is 16.3. The van der Waals surface area contributed by atoms with Crippen LogP contribution in [0.1, 0.15) is 45.6 Å². The Hall–Kier alpha value is -2.04. The maximum absolute atomic E-state index is 12.2. The Morgan fingerprint density at radius 1 is 1.23 bits per heavy atom. The van der Waals surface area contributed by atoms with Gasteiger partial charge in [-0.1, -0.05) is 32.0 Å². The van der Waals surface area contributed by atoms with Crippen LogP contribution < -0.4 is 10.6 Å². The second kappa shape index (κ2) is 6.81. The molecule has 5 nitrogen and oxygen atoms in total. The molecule has 1 unspecified atom stereocenters. The Morgan fingerprint density at radius 3 is 2.50 bits per heavy atom. The van der Waals surface area contributed by atoms with Crippen molar-refractivity contribution in [2.45, 2.75) is 52.1 Å². The third-order valence-electron chi connectivity index (χ3n) is 3.95. The number of benzene rings is 1. The number of nitrogens with one attached hydrogen (secondary N) is 2. The second-order valence-corrected chi connectivity index (χ2v) is 6.38. The number of carbonyl (C=O) groups excluding carboxylic acids is 2. The molecule has 1 aliphatic rings. The molecule has 5 heteroatoms. The molecular weight excluding hydrogens is 278 g/mol. The minimum Gasteiger partial charge on any atom is -0.338 e. The van der Waals surface area contributed by atoms with Gasteiger partial charge in [0.2, 0.25) is 5.91 Å². The molecule has 1 saturated heterocycles. The highest BCUT2D eigenvalue weighted by atomic mass is 16.2. The van der Waals surface area contributed by atoms with Crippen LogP contribution in [0.5, 0.6) is 0 Å². The maximum Gasteiger partial charge on any atom is 0.319 e. The Kier molecular flexibility index (Phi) is 5.06. The maximum atomic E-state index is 12.2. The van der Waals surface area contributed by atoms with E-state index in [2.05, 4.69) is 24.5 Å². The molecule has 0 radical (unpaired) electrons. The van der Waals surface area contributed by atoms with Crippen LogP contribution in [0.4, 0.5) is 10.5 Å². The Labute approximate surface area is 132 Å². The normalized spacial score (nSPS) is 18.2. The molecule has 1 aromatic rings. The summed E-state index contributed by atoms with van der Waals surface area (Å²) < 4.78 is 0. The van der Waals surface area contributed by atoms with Crippen molar-refractivity contribution in [2.24, 2.45) is 0 Å². The van der Waals surface area contributed by atoms with Gasteiger partial charge in [0.1, 0.15) is 0 Å². The molecule has 3 amide bonds. The fourth-order valence-electron chi connectivity index (χ4n) is 2.79. The van der Waals surface area contributed by atoms with Gasteiger partial charge in [-0.15, -0.1) is 0 Å². The molecular formula is C17H25N3O2. The Morgan fingerprint density at radius 2 is 1.91 bits per heavy atom. The summed E-state index contributed by atoms with van der Waals surface area (Å²) in [6.45, 7) is 8.73. The quantitative estimate of drug-likeness (QED) is 0.898. The van der Waals surface area contributed by atoms with Gasteiger partial charge in [-0.3, -0.25) is 4.79 Å². The first-order chi connectivity index (χ1) is 10.4. The van der Waals surface area contributed by atoms with Crippen LogP contribution in [-0.2, 0) is 4.79 Å². The average Bonchev–Trinajstić information content (AvgIpc) is 2.79. The van der Waals surface area contributed by atoms with E-state index in [0.717, 1.165) is 11.3 Å². The summed E-state index contributed by atoms with van der Waals surface area (Å²) in [7, 11) is 0. The van der Waals surface area contributed by atoms with Gasteiger partial charge in [-0.05, 0) is 31.4 Å². The van der Waals surface area contributed by atoms with Gasteiger partial charge in [0, 0.05) is 24.7 Å². The summed E-state index contributed by atoms with van der Waals surface area (Å²) in [6.07, 6.45) is 0.372. The molecule has 2 rings (SSSR count). The van der Waals surface area contributed by atoms with E-state index in [1.54, 1.807) is 4.90 Å². The molecule has 0 aromatic heterocycles. The van der Waals surface area contributed by atoms with Gasteiger partial charge < -0.3 is 15.5 Å². The van der Waals surface area contributed by atoms with E-state index in [4.69, 9.17) is 0 Å². The molecule has 0 spiro atoms. The van der Waals surface area contributed by atoms with Crippen LogP contribution >= 0.6 is 0 Å². The van der Waals surface area contributed by atoms with E-state index in [9.17, 15) is 9.59 Å². The lowest BCUT2D eigenvalue weighted by Crippen LogP contribution is -2.41. The van der Waals surface area contributed by atoms with E-state index < -0.39 is 0 Å². The number of urea groups is 1. The third kappa shape index (κ3) is 3.78. The van der Waals surface area contributed by atoms with Crippen LogP contribution in [0, 0.1) is 0 Å². The van der Waals surface area contributed by atoms with E-state index in [0.29, 0.717) is 18.9 Å². The van der Waals surface area contributed by atoms with Gasteiger partial charge in [0.05, 0.1) is 6.04 Å². The zero-order valence-corrected chi connectivity index (χ0v) is 13.7. The van der Waals surface area contributed by atoms with Gasteiger partial charge in [-0.2, -0.15) is 0 Å². The van der Waals surface area contributed by atoms with Crippen molar-refractivity contribution in [2.75, 3.05) is 11.9 Å². The summed E-state index contributed by atoms with van der Waals surface area (Å²) >= 11 is 0. The number of hydrogen-bond acceptors (Lipinski definition) is 2. The van der Waals surface area contributed by atoms with Crippen molar-refractivity contribution < 1.29 is 9.59 Å². The van der Waals surface area contributed by atoms with E-state index in [1.807, 2.05) is 38.1 Å². The minimum atomic E-state index is -0.253. The summed E-state index contributed by atoms with van der Waals surface area (Å²) in [4.78, 5) is 25.8. The molecule has 1 aliphatic heterocycles. The number of rotatable bonds is 4. The predicted molar refractivity (Wildman–Crippen MR) is 87.9 cm³/mol. The highest BCUT2D eigenvalue weighted by molar-refractivity contribution is 5.91. The van der Waals surface area contributed by atoms with Crippen LogP contribution in [0.15, 0.2) is 24.3 Å². The molecule has 0 aliphatic carbocycles. The number of amides is 3. The average molecular weight is 303 g/mol. The second-order valence-electron chi connectivity index (χ2n) is 6.38. The van der Waals surface area contributed by atoms with Crippen molar-refractivity contribution in [3.63, 3.8) is 0 Å². The highest BCUT2D eigenvalue weighted by Gasteiger charge is 2.32. The standard InChI is InChI=1S/C17H25N3O2/c1-11(2)14-7-5-6-8-15(14)19-17(22)18-13-9-16(21)20(10-13)12(3)4/h5-8,11-13H,9-10H2,1-4H3,(H2,18,19,22). The monoisotopic (exact) mass is 303 g/mol. The lowest BCUT2D eigenvalue weighted by molar-refractivity contribution is -0.129. The largest absolute Gasteiger partial charge is 0.338 e. The van der Waals surface area contributed by atoms with E-state index >= 15 is 0 Å². The van der Waals surface area contributed by atoms with Crippen LogP contribution in [-0.4, -0.2) is 35.5 Å². The number of para-hydroxylation sites is 1. The SMILES string of the molecule is CC(C)c1ccccc1NC(=O)NC1CC(=O)N(C(C)C)C1. The predicted octanol–water partition coefficient (Wildman–Crippen LogP) is 2.94. The first-order valence-electron chi connectivity index (χ1n) is 7.84. The smallest absolute Gasteiger partial charge is 0.319 e. The molecule has 0 bridgehead atoms. The molecule has 2 N–H and O–H groups in total. The van der Waals surface area contributed by atoms with Crippen molar-refractivity contribution in [1.82, 2.24) is 10.2 Å². The number of nitrogens with zero attached hydrogens (tertiary/aromatic N) is 1. The summed E-state index contributed by atoms with van der Waals surface area (Å²) in [5, 5.41) is 5.79. The minimum absolute atomic E-state index is 0.0999. The van der Waals surface area contributed by atoms with Crippen molar-refractivity contribution in [3.8, 4) is 0 Å². The van der Waals surface area contributed by atoms with Gasteiger partial charge in [0.15, 0.2) is 0 Å². The lowest BCUT2D eigenvalue weighted by atomic mass is 10.0. The summed E-state index contributed by atoms with van der Waals surface area (Å²) in [5.41, 5.74) is 1.92. The fraction of sp³-hybridized carbons (Fsp3) is 0.529. The van der Waals surface area contributed by atoms with Crippen molar-refractivity contribution >= 4 is 17.6 Å². The lowest BCUT2D eigenvalue weighted by Gasteiger charge is -2.21. The van der Waals surface area contributed by atoms with E-state index in [1.165, 1.54) is 0 Å². The number of carbonyl (C=O) groups is 2. The first kappa shape index (κ1) is 16.3. The van der Waals surface area contributed by atoms with Gasteiger partial charge in [0.25, 0.3) is 0 Å². The van der Waals surface area contributed by atoms with Crippen LogP contribution in [0.25, 0.3) is 0 Å². The zero-order valence-electron chi connectivity index (χ0n) is 13.7. The highest BCUT2D eigenvalue weighted by Crippen LogP contribution is 2.23. The van der Waals surface area contributed by atoms with Crippen LogP contribution in [0.2, 0.25) is 0 Å². The molecule has 120 valence electrons. The van der Waals surface area contributed by atoms with Crippen LogP contribution in [0.3, 0.4) is 0 Å².